The third-order valence-corrected chi connectivity index (χ3v) is 7.45. The van der Waals surface area contributed by atoms with Gasteiger partial charge in [0, 0.05) is 13.1 Å². The molecule has 0 bridgehead atoms. The molecule has 0 spiro atoms. The lowest BCUT2D eigenvalue weighted by atomic mass is 10.1. The number of benzene rings is 3. The van der Waals surface area contributed by atoms with Crippen LogP contribution in [0.5, 0.6) is 5.75 Å². The molecular formula is C28H33N3O3S. The minimum Gasteiger partial charge on any atom is -0.486 e. The van der Waals surface area contributed by atoms with Crippen LogP contribution in [0, 0.1) is 0 Å². The molecule has 1 N–H and O–H groups in total. The number of unbranched alkanes of at least 4 members (excludes halogenated alkanes) is 2. The fraction of sp³-hybridized carbons (Fsp3) is 0.321. The first kappa shape index (κ1) is 24.9. The van der Waals surface area contributed by atoms with E-state index in [9.17, 15) is 8.42 Å². The Labute approximate surface area is 208 Å². The molecular weight excluding hydrogens is 458 g/mol. The van der Waals surface area contributed by atoms with Gasteiger partial charge < -0.3 is 9.30 Å². The lowest BCUT2D eigenvalue weighted by molar-refractivity contribution is 0.289. The van der Waals surface area contributed by atoms with Crippen LogP contribution in [0.2, 0.25) is 0 Å². The molecule has 0 saturated heterocycles. The smallest absolute Gasteiger partial charge is 0.240 e. The number of nitrogens with zero attached hydrogens (tertiary/aromatic N) is 2. The van der Waals surface area contributed by atoms with E-state index in [2.05, 4.69) is 28.3 Å². The number of imidazole rings is 1. The van der Waals surface area contributed by atoms with E-state index in [1.807, 2.05) is 55.5 Å². The number of hydrogen-bond acceptors (Lipinski definition) is 4. The summed E-state index contributed by atoms with van der Waals surface area (Å²) in [6.07, 6.45) is 3.79. The first-order valence-electron chi connectivity index (χ1n) is 12.3. The van der Waals surface area contributed by atoms with Crippen LogP contribution in [0.1, 0.15) is 45.4 Å². The summed E-state index contributed by atoms with van der Waals surface area (Å²) in [5.74, 6) is 1.55. The maximum absolute atomic E-state index is 12.7. The predicted molar refractivity (Wildman–Crippen MR) is 141 cm³/mol. The van der Waals surface area contributed by atoms with Gasteiger partial charge in [-0.2, -0.15) is 0 Å². The second kappa shape index (κ2) is 11.5. The quantitative estimate of drug-likeness (QED) is 0.241. The van der Waals surface area contributed by atoms with Crippen LogP contribution in [0.3, 0.4) is 0 Å². The molecule has 1 aromatic heterocycles. The second-order valence-corrected chi connectivity index (χ2v) is 10.4. The Kier molecular flexibility index (Phi) is 8.21. The van der Waals surface area contributed by atoms with Crippen molar-refractivity contribution in [2.75, 3.05) is 6.54 Å². The topological polar surface area (TPSA) is 73.2 Å². The molecule has 0 saturated carbocycles. The van der Waals surface area contributed by atoms with Gasteiger partial charge in [0.05, 0.1) is 15.9 Å². The van der Waals surface area contributed by atoms with Crippen LogP contribution < -0.4 is 9.46 Å². The molecule has 4 rings (SSSR count). The van der Waals surface area contributed by atoms with Crippen molar-refractivity contribution in [1.82, 2.24) is 14.3 Å². The van der Waals surface area contributed by atoms with Crippen molar-refractivity contribution in [3.8, 4) is 16.9 Å². The molecule has 1 heterocycles. The Morgan fingerprint density at radius 3 is 2.31 bits per heavy atom. The van der Waals surface area contributed by atoms with Crippen molar-refractivity contribution >= 4 is 21.1 Å². The molecule has 0 aliphatic carbocycles. The van der Waals surface area contributed by atoms with E-state index in [-0.39, 0.29) is 4.90 Å². The first-order chi connectivity index (χ1) is 17.0. The summed E-state index contributed by atoms with van der Waals surface area (Å²) in [4.78, 5) is 5.00. The summed E-state index contributed by atoms with van der Waals surface area (Å²) in [5, 5.41) is 0. The van der Waals surface area contributed by atoms with Crippen LogP contribution in [0.15, 0.2) is 77.7 Å². The van der Waals surface area contributed by atoms with Gasteiger partial charge in [0.25, 0.3) is 0 Å². The average Bonchev–Trinajstić information content (AvgIpc) is 3.23. The molecule has 4 aromatic rings. The van der Waals surface area contributed by atoms with Crippen LogP contribution in [-0.4, -0.2) is 24.5 Å². The number of aryl methyl sites for hydroxylation is 1. The Bertz CT molecular complexity index is 1350. The summed E-state index contributed by atoms with van der Waals surface area (Å²) in [7, 11) is -3.56. The van der Waals surface area contributed by atoms with Crippen molar-refractivity contribution < 1.29 is 13.2 Å². The fourth-order valence-electron chi connectivity index (χ4n) is 3.99. The monoisotopic (exact) mass is 491 g/mol. The summed E-state index contributed by atoms with van der Waals surface area (Å²) in [6, 6.07) is 23.4. The summed E-state index contributed by atoms with van der Waals surface area (Å²) in [5.41, 5.74) is 3.88. The summed E-state index contributed by atoms with van der Waals surface area (Å²) >= 11 is 0. The van der Waals surface area contributed by atoms with Gasteiger partial charge in [0.15, 0.2) is 0 Å². The summed E-state index contributed by atoms with van der Waals surface area (Å²) in [6.45, 7) is 5.73. The number of sulfonamides is 1. The largest absolute Gasteiger partial charge is 0.486 e. The fourth-order valence-corrected chi connectivity index (χ4v) is 5.09. The number of fused-ring (bicyclic) bond motifs is 1. The van der Waals surface area contributed by atoms with Crippen LogP contribution in [-0.2, 0) is 23.2 Å². The van der Waals surface area contributed by atoms with Gasteiger partial charge in [0.2, 0.25) is 10.0 Å². The number of nitrogens with one attached hydrogen (secondary N) is 1. The molecule has 0 radical (unpaired) electrons. The molecule has 0 fully saturated rings. The number of aromatic nitrogens is 2. The lowest BCUT2D eigenvalue weighted by Gasteiger charge is -2.11. The van der Waals surface area contributed by atoms with E-state index in [1.165, 1.54) is 0 Å². The summed E-state index contributed by atoms with van der Waals surface area (Å²) < 4.78 is 36.3. The molecule has 35 heavy (non-hydrogen) atoms. The van der Waals surface area contributed by atoms with Crippen molar-refractivity contribution in [2.24, 2.45) is 0 Å². The first-order valence-corrected chi connectivity index (χ1v) is 13.8. The number of rotatable bonds is 12. The predicted octanol–water partition coefficient (Wildman–Crippen LogP) is 6.16. The standard InChI is InChI=1S/C28H33N3O3S/c1-3-5-18-29-35(32,33)25-16-17-27-26(20-25)30-28(31(27)19-6-4-2)21-34-24-14-12-23(13-15-24)22-10-8-7-9-11-22/h7-17,20,29H,3-6,18-19,21H2,1-2H3. The van der Waals surface area contributed by atoms with E-state index in [0.717, 1.165) is 60.4 Å². The molecule has 3 aromatic carbocycles. The minimum atomic E-state index is -3.56. The molecule has 0 aliphatic rings. The highest BCUT2D eigenvalue weighted by atomic mass is 32.2. The van der Waals surface area contributed by atoms with E-state index >= 15 is 0 Å². The molecule has 0 amide bonds. The number of ether oxygens (including phenoxy) is 1. The lowest BCUT2D eigenvalue weighted by Crippen LogP contribution is -2.24. The minimum absolute atomic E-state index is 0.241. The van der Waals surface area contributed by atoms with Gasteiger partial charge in [-0.05, 0) is 54.3 Å². The highest BCUT2D eigenvalue weighted by Crippen LogP contribution is 2.25. The second-order valence-electron chi connectivity index (χ2n) is 8.61. The van der Waals surface area contributed by atoms with Gasteiger partial charge in [-0.25, -0.2) is 18.1 Å². The van der Waals surface area contributed by atoms with E-state index in [1.54, 1.807) is 12.1 Å². The Balaban J connectivity index is 1.55. The highest BCUT2D eigenvalue weighted by Gasteiger charge is 2.17. The van der Waals surface area contributed by atoms with Crippen molar-refractivity contribution in [2.45, 2.75) is 57.6 Å². The zero-order valence-corrected chi connectivity index (χ0v) is 21.2. The average molecular weight is 492 g/mol. The molecule has 7 heteroatoms. The zero-order chi connectivity index (χ0) is 24.7. The Morgan fingerprint density at radius 1 is 0.886 bits per heavy atom. The van der Waals surface area contributed by atoms with Gasteiger partial charge in [-0.3, -0.25) is 0 Å². The van der Waals surface area contributed by atoms with Crippen molar-refractivity contribution in [1.29, 1.82) is 0 Å². The molecule has 0 atom stereocenters. The molecule has 6 nitrogen and oxygen atoms in total. The Morgan fingerprint density at radius 2 is 1.60 bits per heavy atom. The molecule has 0 unspecified atom stereocenters. The maximum Gasteiger partial charge on any atom is 0.240 e. The van der Waals surface area contributed by atoms with Gasteiger partial charge in [-0.1, -0.05) is 69.2 Å². The Hall–Kier alpha value is -3.16. The van der Waals surface area contributed by atoms with Gasteiger partial charge >= 0.3 is 0 Å². The van der Waals surface area contributed by atoms with Crippen LogP contribution >= 0.6 is 0 Å². The third-order valence-electron chi connectivity index (χ3n) is 6.00. The van der Waals surface area contributed by atoms with Crippen molar-refractivity contribution in [3.63, 3.8) is 0 Å². The van der Waals surface area contributed by atoms with Crippen molar-refractivity contribution in [3.05, 3.63) is 78.6 Å². The van der Waals surface area contributed by atoms with Gasteiger partial charge in [-0.15, -0.1) is 0 Å². The maximum atomic E-state index is 12.7. The number of hydrogen-bond donors (Lipinski definition) is 1. The van der Waals surface area contributed by atoms with Gasteiger partial charge in [0.1, 0.15) is 18.2 Å². The normalized spacial score (nSPS) is 11.7. The van der Waals surface area contributed by atoms with E-state index in [4.69, 9.17) is 9.72 Å². The molecule has 0 aliphatic heterocycles. The van der Waals surface area contributed by atoms with Crippen LogP contribution in [0.4, 0.5) is 0 Å². The SMILES string of the molecule is CCCCNS(=O)(=O)c1ccc2c(c1)nc(COc1ccc(-c3ccccc3)cc1)n2CCCC. The third kappa shape index (κ3) is 6.10. The van der Waals surface area contributed by atoms with E-state index in [0.29, 0.717) is 18.7 Å². The zero-order valence-electron chi connectivity index (χ0n) is 20.4. The van der Waals surface area contributed by atoms with Crippen LogP contribution in [0.25, 0.3) is 22.2 Å². The van der Waals surface area contributed by atoms with E-state index < -0.39 is 10.0 Å². The molecule has 184 valence electrons. The highest BCUT2D eigenvalue weighted by molar-refractivity contribution is 7.89.